The van der Waals surface area contributed by atoms with Crippen molar-refractivity contribution in [2.24, 2.45) is 0 Å². The molecule has 39 heavy (non-hydrogen) atoms. The standard InChI is InChI=1S/C27H20BrFN2O7S/c1-35-22-9-16(8-19(28)25(22)36-13-15-2-4-17(29)5-3-15)10-23-26(33)31(27(34)39-23)12-24(32)30-18-6-7-20-21(11-18)38-14-37-20/h2-11H,12-14H2,1H3,(H,30,32)/b23-10+. The third kappa shape index (κ3) is 6.02. The number of hydrogen-bond donors (Lipinski definition) is 1. The van der Waals surface area contributed by atoms with Gasteiger partial charge in [-0.15, -0.1) is 0 Å². The van der Waals surface area contributed by atoms with Gasteiger partial charge in [-0.25, -0.2) is 4.39 Å². The van der Waals surface area contributed by atoms with Gasteiger partial charge in [0.1, 0.15) is 19.0 Å². The molecule has 3 aromatic rings. The minimum absolute atomic E-state index is 0.101. The molecule has 3 amide bonds. The summed E-state index contributed by atoms with van der Waals surface area (Å²) in [7, 11) is 1.48. The number of fused-ring (bicyclic) bond motifs is 1. The number of amides is 3. The average molecular weight is 615 g/mol. The van der Waals surface area contributed by atoms with Crippen LogP contribution in [-0.4, -0.2) is 42.4 Å². The van der Waals surface area contributed by atoms with Crippen LogP contribution in [0.1, 0.15) is 11.1 Å². The Morgan fingerprint density at radius 3 is 2.67 bits per heavy atom. The number of rotatable bonds is 8. The molecule has 2 aliphatic rings. The maximum Gasteiger partial charge on any atom is 0.294 e. The molecule has 3 aromatic carbocycles. The third-order valence-electron chi connectivity index (χ3n) is 5.68. The number of anilines is 1. The molecule has 0 unspecified atom stereocenters. The molecule has 2 heterocycles. The molecule has 5 rings (SSSR count). The summed E-state index contributed by atoms with van der Waals surface area (Å²) in [5.74, 6) is 0.418. The van der Waals surface area contributed by atoms with E-state index in [4.69, 9.17) is 18.9 Å². The van der Waals surface area contributed by atoms with Gasteiger partial charge in [-0.3, -0.25) is 19.3 Å². The number of imide groups is 1. The van der Waals surface area contributed by atoms with Crippen LogP contribution in [-0.2, 0) is 16.2 Å². The van der Waals surface area contributed by atoms with Gasteiger partial charge in [0.25, 0.3) is 11.1 Å². The Labute approximate surface area is 235 Å². The number of nitrogens with one attached hydrogen (secondary N) is 1. The molecule has 2 aliphatic heterocycles. The normalized spacial score (nSPS) is 15.2. The van der Waals surface area contributed by atoms with Gasteiger partial charge in [-0.1, -0.05) is 12.1 Å². The van der Waals surface area contributed by atoms with E-state index in [1.165, 1.54) is 25.3 Å². The lowest BCUT2D eigenvalue weighted by Crippen LogP contribution is -2.36. The minimum atomic E-state index is -0.586. The molecule has 0 saturated carbocycles. The predicted molar refractivity (Wildman–Crippen MR) is 145 cm³/mol. The van der Waals surface area contributed by atoms with E-state index in [2.05, 4.69) is 21.2 Å². The quantitative estimate of drug-likeness (QED) is 0.328. The number of benzene rings is 3. The van der Waals surface area contributed by atoms with E-state index in [1.54, 1.807) is 42.5 Å². The first-order valence-electron chi connectivity index (χ1n) is 11.5. The van der Waals surface area contributed by atoms with Crippen molar-refractivity contribution in [3.8, 4) is 23.0 Å². The first-order chi connectivity index (χ1) is 18.8. The summed E-state index contributed by atoms with van der Waals surface area (Å²) in [6.45, 7) is -0.161. The monoisotopic (exact) mass is 614 g/mol. The van der Waals surface area contributed by atoms with Crippen molar-refractivity contribution in [3.63, 3.8) is 0 Å². The molecule has 12 heteroatoms. The van der Waals surface area contributed by atoms with E-state index in [1.807, 2.05) is 0 Å². The molecule has 0 bridgehead atoms. The lowest BCUT2D eigenvalue weighted by molar-refractivity contribution is -0.127. The fourth-order valence-electron chi connectivity index (χ4n) is 3.81. The van der Waals surface area contributed by atoms with Crippen molar-refractivity contribution in [3.05, 3.63) is 80.9 Å². The molecule has 200 valence electrons. The fourth-order valence-corrected chi connectivity index (χ4v) is 5.22. The second kappa shape index (κ2) is 11.4. The number of nitrogens with zero attached hydrogens (tertiary/aromatic N) is 1. The summed E-state index contributed by atoms with van der Waals surface area (Å²) in [5, 5.41) is 2.10. The molecule has 0 aromatic heterocycles. The van der Waals surface area contributed by atoms with Crippen LogP contribution in [0.25, 0.3) is 6.08 Å². The van der Waals surface area contributed by atoms with Gasteiger partial charge in [0.05, 0.1) is 16.5 Å². The van der Waals surface area contributed by atoms with E-state index < -0.39 is 23.6 Å². The predicted octanol–water partition coefficient (Wildman–Crippen LogP) is 5.58. The molecule has 1 saturated heterocycles. The van der Waals surface area contributed by atoms with Crippen molar-refractivity contribution in [1.29, 1.82) is 0 Å². The summed E-state index contributed by atoms with van der Waals surface area (Å²) in [4.78, 5) is 39.1. The van der Waals surface area contributed by atoms with E-state index in [9.17, 15) is 18.8 Å². The first-order valence-corrected chi connectivity index (χ1v) is 13.1. The van der Waals surface area contributed by atoms with Crippen LogP contribution in [0.3, 0.4) is 0 Å². The topological polar surface area (TPSA) is 103 Å². The smallest absolute Gasteiger partial charge is 0.294 e. The highest BCUT2D eigenvalue weighted by Crippen LogP contribution is 2.40. The minimum Gasteiger partial charge on any atom is -0.493 e. The summed E-state index contributed by atoms with van der Waals surface area (Å²) in [6.07, 6.45) is 1.54. The van der Waals surface area contributed by atoms with Gasteiger partial charge in [0.15, 0.2) is 23.0 Å². The Morgan fingerprint density at radius 1 is 1.13 bits per heavy atom. The molecular weight excluding hydrogens is 595 g/mol. The van der Waals surface area contributed by atoms with Crippen LogP contribution in [0.4, 0.5) is 14.9 Å². The highest BCUT2D eigenvalue weighted by molar-refractivity contribution is 9.10. The molecule has 1 N–H and O–H groups in total. The summed E-state index contributed by atoms with van der Waals surface area (Å²) in [6, 6.07) is 14.2. The van der Waals surface area contributed by atoms with Crippen LogP contribution in [0.15, 0.2) is 64.0 Å². The Hall–Kier alpha value is -4.03. The van der Waals surface area contributed by atoms with E-state index in [-0.39, 0.29) is 24.1 Å². The fraction of sp³-hybridized carbons (Fsp3) is 0.148. The number of halogens is 2. The molecule has 0 aliphatic carbocycles. The van der Waals surface area contributed by atoms with Crippen LogP contribution in [0.5, 0.6) is 23.0 Å². The second-order valence-corrected chi connectivity index (χ2v) is 10.2. The van der Waals surface area contributed by atoms with Gasteiger partial charge in [0, 0.05) is 11.8 Å². The van der Waals surface area contributed by atoms with Crippen molar-refractivity contribution in [2.45, 2.75) is 6.61 Å². The number of methoxy groups -OCH3 is 1. The zero-order chi connectivity index (χ0) is 27.5. The summed E-state index contributed by atoms with van der Waals surface area (Å²) in [5.41, 5.74) is 1.79. The van der Waals surface area contributed by atoms with Gasteiger partial charge >= 0.3 is 0 Å². The van der Waals surface area contributed by atoms with Crippen molar-refractivity contribution >= 4 is 56.5 Å². The number of thioether (sulfide) groups is 1. The lowest BCUT2D eigenvalue weighted by atomic mass is 10.1. The van der Waals surface area contributed by atoms with Crippen molar-refractivity contribution in [1.82, 2.24) is 4.90 Å². The van der Waals surface area contributed by atoms with Gasteiger partial charge in [-0.2, -0.15) is 0 Å². The highest BCUT2D eigenvalue weighted by Gasteiger charge is 2.36. The molecule has 0 radical (unpaired) electrons. The maximum atomic E-state index is 13.2. The number of hydrogen-bond acceptors (Lipinski definition) is 8. The number of ether oxygens (including phenoxy) is 4. The molecule has 0 atom stereocenters. The lowest BCUT2D eigenvalue weighted by Gasteiger charge is -2.14. The van der Waals surface area contributed by atoms with Crippen molar-refractivity contribution < 1.29 is 37.7 Å². The largest absolute Gasteiger partial charge is 0.493 e. The Kier molecular flexibility index (Phi) is 7.75. The summed E-state index contributed by atoms with van der Waals surface area (Å²) < 4.78 is 35.6. The van der Waals surface area contributed by atoms with E-state index in [0.717, 1.165) is 22.2 Å². The van der Waals surface area contributed by atoms with Crippen LogP contribution in [0, 0.1) is 5.82 Å². The van der Waals surface area contributed by atoms with Gasteiger partial charge in [0.2, 0.25) is 12.7 Å². The second-order valence-electron chi connectivity index (χ2n) is 8.33. The first kappa shape index (κ1) is 26.6. The average Bonchev–Trinajstić information content (AvgIpc) is 3.48. The maximum absolute atomic E-state index is 13.2. The molecule has 1 fully saturated rings. The Balaban J connectivity index is 1.26. The zero-order valence-electron chi connectivity index (χ0n) is 20.4. The third-order valence-corrected chi connectivity index (χ3v) is 7.17. The van der Waals surface area contributed by atoms with E-state index in [0.29, 0.717) is 38.7 Å². The summed E-state index contributed by atoms with van der Waals surface area (Å²) >= 11 is 4.20. The van der Waals surface area contributed by atoms with Crippen LogP contribution < -0.4 is 24.3 Å². The Bertz CT molecular complexity index is 1500. The zero-order valence-corrected chi connectivity index (χ0v) is 22.8. The molecule has 9 nitrogen and oxygen atoms in total. The van der Waals surface area contributed by atoms with Crippen molar-refractivity contribution in [2.75, 3.05) is 25.8 Å². The molecule has 0 spiro atoms. The van der Waals surface area contributed by atoms with Crippen LogP contribution >= 0.6 is 27.7 Å². The van der Waals surface area contributed by atoms with Crippen LogP contribution in [0.2, 0.25) is 0 Å². The SMILES string of the molecule is COc1cc(/C=C2/SC(=O)N(CC(=O)Nc3ccc4c(c3)OCO4)C2=O)cc(Br)c1OCc1ccc(F)cc1. The highest BCUT2D eigenvalue weighted by atomic mass is 79.9. The van der Waals surface area contributed by atoms with E-state index >= 15 is 0 Å². The molecular formula is C27H20BrFN2O7S. The van der Waals surface area contributed by atoms with Gasteiger partial charge in [-0.05, 0) is 81.3 Å². The number of carbonyl (C=O) groups is 3. The van der Waals surface area contributed by atoms with Gasteiger partial charge < -0.3 is 24.3 Å². The Morgan fingerprint density at radius 2 is 1.90 bits per heavy atom. The number of carbonyl (C=O) groups excluding carboxylic acids is 3.